The van der Waals surface area contributed by atoms with Crippen molar-refractivity contribution in [3.8, 4) is 0 Å². The van der Waals surface area contributed by atoms with Gasteiger partial charge in [-0.2, -0.15) is 6.42 Å². The van der Waals surface area contributed by atoms with Gasteiger partial charge in [-0.1, -0.05) is 49.6 Å². The molecule has 0 aromatic heterocycles. The van der Waals surface area contributed by atoms with Gasteiger partial charge in [-0.05, 0) is 31.5 Å². The molecule has 1 aliphatic rings. The summed E-state index contributed by atoms with van der Waals surface area (Å²) in [5.74, 6) is 0. The van der Waals surface area contributed by atoms with Crippen LogP contribution in [-0.2, 0) is 0 Å². The number of hydrogen-bond donors (Lipinski definition) is 0. The zero-order chi connectivity index (χ0) is 11.9. The Bertz CT molecular complexity index is 304. The Morgan fingerprint density at radius 1 is 1.00 bits per heavy atom. The first-order valence-corrected chi connectivity index (χ1v) is 7.00. The second kappa shape index (κ2) is 8.81. The molecule has 94 valence electrons. The van der Waals surface area contributed by atoms with Gasteiger partial charge in [0.05, 0.1) is 0 Å². The van der Waals surface area contributed by atoms with Crippen molar-refractivity contribution in [2.24, 2.45) is 0 Å². The van der Waals surface area contributed by atoms with E-state index in [1.54, 1.807) is 0 Å². The van der Waals surface area contributed by atoms with Crippen molar-refractivity contribution in [1.82, 2.24) is 4.90 Å². The third kappa shape index (κ3) is 4.47. The molecule has 1 aromatic carbocycles. The molecule has 0 amide bonds. The van der Waals surface area contributed by atoms with Gasteiger partial charge >= 0.3 is 18.9 Å². The summed E-state index contributed by atoms with van der Waals surface area (Å²) < 4.78 is 0. The van der Waals surface area contributed by atoms with Crippen LogP contribution in [0.5, 0.6) is 0 Å². The summed E-state index contributed by atoms with van der Waals surface area (Å²) in [7, 11) is 0. The van der Waals surface area contributed by atoms with Gasteiger partial charge < -0.3 is 6.92 Å². The maximum Gasteiger partial charge on any atom is 1.00 e. The smallest absolute Gasteiger partial charge is 0.343 e. The molecule has 2 rings (SSSR count). The van der Waals surface area contributed by atoms with Crippen molar-refractivity contribution in [3.05, 3.63) is 42.8 Å². The molecule has 1 unspecified atom stereocenters. The van der Waals surface area contributed by atoms with Gasteiger partial charge in [0.25, 0.3) is 0 Å². The summed E-state index contributed by atoms with van der Waals surface area (Å²) in [4.78, 5) is 2.67. The Labute approximate surface area is 124 Å². The first-order chi connectivity index (χ1) is 8.42. The topological polar surface area (TPSA) is 3.24 Å². The Morgan fingerprint density at radius 3 is 2.17 bits per heavy atom. The van der Waals surface area contributed by atoms with Gasteiger partial charge in [-0.25, -0.2) is 0 Å². The third-order valence-corrected chi connectivity index (χ3v) is 3.74. The second-order valence-corrected chi connectivity index (χ2v) is 5.02. The fourth-order valence-electron chi connectivity index (χ4n) is 2.84. The average Bonchev–Trinajstić information content (AvgIpc) is 2.66. The van der Waals surface area contributed by atoms with Gasteiger partial charge in [0, 0.05) is 6.04 Å². The SMILES string of the molecule is [CH2-]CCC(c1ccccc1)N1CCCCCC1.[Li+]. The molecule has 18 heavy (non-hydrogen) atoms. The van der Waals surface area contributed by atoms with Crippen LogP contribution in [0, 0.1) is 6.92 Å². The monoisotopic (exact) mass is 237 g/mol. The summed E-state index contributed by atoms with van der Waals surface area (Å²) in [5, 5.41) is 0. The largest absolute Gasteiger partial charge is 1.00 e. The minimum atomic E-state index is 0. The van der Waals surface area contributed by atoms with Crippen LogP contribution >= 0.6 is 0 Å². The molecule has 1 saturated heterocycles. The summed E-state index contributed by atoms with van der Waals surface area (Å²) in [5.41, 5.74) is 1.47. The molecule has 1 nitrogen and oxygen atoms in total. The number of likely N-dealkylation sites (tertiary alicyclic amines) is 1. The first kappa shape index (κ1) is 15.8. The van der Waals surface area contributed by atoms with Crippen molar-refractivity contribution in [2.75, 3.05) is 13.1 Å². The van der Waals surface area contributed by atoms with Crippen LogP contribution in [0.15, 0.2) is 30.3 Å². The van der Waals surface area contributed by atoms with Crippen LogP contribution < -0.4 is 18.9 Å². The minimum absolute atomic E-state index is 0. The molecule has 0 N–H and O–H groups in total. The van der Waals surface area contributed by atoms with E-state index in [0.717, 1.165) is 6.42 Å². The summed E-state index contributed by atoms with van der Waals surface area (Å²) in [6.07, 6.45) is 7.74. The van der Waals surface area contributed by atoms with E-state index in [4.69, 9.17) is 0 Å². The zero-order valence-electron chi connectivity index (χ0n) is 11.8. The predicted octanol–water partition coefficient (Wildman–Crippen LogP) is 1.22. The van der Waals surface area contributed by atoms with Gasteiger partial charge in [0.15, 0.2) is 0 Å². The van der Waals surface area contributed by atoms with Crippen molar-refractivity contribution in [3.63, 3.8) is 0 Å². The minimum Gasteiger partial charge on any atom is -0.343 e. The first-order valence-electron chi connectivity index (χ1n) is 7.00. The van der Waals surface area contributed by atoms with E-state index in [-0.39, 0.29) is 18.9 Å². The van der Waals surface area contributed by atoms with E-state index in [0.29, 0.717) is 6.04 Å². The molecular formula is C16H24LiN. The predicted molar refractivity (Wildman–Crippen MR) is 73.8 cm³/mol. The molecule has 1 aliphatic heterocycles. The second-order valence-electron chi connectivity index (χ2n) is 5.02. The fraction of sp³-hybridized carbons (Fsp3) is 0.562. The molecule has 0 radical (unpaired) electrons. The Kier molecular flexibility index (Phi) is 7.75. The van der Waals surface area contributed by atoms with E-state index >= 15 is 0 Å². The molecular weight excluding hydrogens is 213 g/mol. The van der Waals surface area contributed by atoms with E-state index in [1.165, 1.54) is 50.8 Å². The maximum absolute atomic E-state index is 4.04. The van der Waals surface area contributed by atoms with Gasteiger partial charge in [-0.3, -0.25) is 4.90 Å². The zero-order valence-corrected chi connectivity index (χ0v) is 11.8. The number of rotatable bonds is 4. The van der Waals surface area contributed by atoms with Crippen molar-refractivity contribution in [1.29, 1.82) is 0 Å². The molecule has 0 spiro atoms. The van der Waals surface area contributed by atoms with E-state index in [1.807, 2.05) is 0 Å². The average molecular weight is 237 g/mol. The molecule has 0 saturated carbocycles. The molecule has 1 fully saturated rings. The Hall–Kier alpha value is -0.223. The Morgan fingerprint density at radius 2 is 1.61 bits per heavy atom. The van der Waals surface area contributed by atoms with Gasteiger partial charge in [0.2, 0.25) is 0 Å². The van der Waals surface area contributed by atoms with Crippen molar-refractivity contribution >= 4 is 0 Å². The molecule has 2 heteroatoms. The molecule has 1 aromatic rings. The summed E-state index contributed by atoms with van der Waals surface area (Å²) in [6, 6.07) is 11.5. The van der Waals surface area contributed by atoms with Crippen LogP contribution in [0.3, 0.4) is 0 Å². The number of hydrogen-bond acceptors (Lipinski definition) is 1. The van der Waals surface area contributed by atoms with Crippen LogP contribution in [0.2, 0.25) is 0 Å². The third-order valence-electron chi connectivity index (χ3n) is 3.74. The van der Waals surface area contributed by atoms with E-state index < -0.39 is 0 Å². The van der Waals surface area contributed by atoms with Gasteiger partial charge in [0.1, 0.15) is 0 Å². The van der Waals surface area contributed by atoms with Crippen LogP contribution in [0.4, 0.5) is 0 Å². The van der Waals surface area contributed by atoms with E-state index in [2.05, 4.69) is 42.2 Å². The summed E-state index contributed by atoms with van der Waals surface area (Å²) in [6.45, 7) is 6.57. The number of nitrogens with zero attached hydrogens (tertiary/aromatic N) is 1. The van der Waals surface area contributed by atoms with Gasteiger partial charge in [-0.15, -0.1) is 0 Å². The fourth-order valence-corrected chi connectivity index (χ4v) is 2.84. The van der Waals surface area contributed by atoms with Crippen LogP contribution in [-0.4, -0.2) is 18.0 Å². The maximum atomic E-state index is 4.04. The molecule has 0 bridgehead atoms. The standard InChI is InChI=1S/C16H24N.Li/c1-2-10-16(15-11-6-5-7-12-15)17-13-8-3-4-9-14-17;/h5-7,11-12,16H,1-4,8-10,13-14H2;/q-1;+1. The van der Waals surface area contributed by atoms with Crippen molar-refractivity contribution < 1.29 is 18.9 Å². The van der Waals surface area contributed by atoms with Crippen LogP contribution in [0.25, 0.3) is 0 Å². The normalized spacial score (nSPS) is 18.7. The van der Waals surface area contributed by atoms with Crippen LogP contribution in [0.1, 0.15) is 50.1 Å². The molecule has 1 heterocycles. The van der Waals surface area contributed by atoms with E-state index in [9.17, 15) is 0 Å². The Balaban J connectivity index is 0.00000162. The quantitative estimate of drug-likeness (QED) is 0.562. The molecule has 1 atom stereocenters. The number of benzene rings is 1. The summed E-state index contributed by atoms with van der Waals surface area (Å²) >= 11 is 0. The van der Waals surface area contributed by atoms with Crippen molar-refractivity contribution in [2.45, 2.75) is 44.6 Å². The molecule has 0 aliphatic carbocycles.